The first-order valence-electron chi connectivity index (χ1n) is 6.06. The highest BCUT2D eigenvalue weighted by molar-refractivity contribution is 7.10. The van der Waals surface area contributed by atoms with Crippen LogP contribution in [0.2, 0.25) is 5.02 Å². The van der Waals surface area contributed by atoms with Crippen molar-refractivity contribution in [1.29, 1.82) is 0 Å². The van der Waals surface area contributed by atoms with E-state index in [1.54, 1.807) is 11.3 Å². The number of ether oxygens (including phenoxy) is 1. The number of halogens is 1. The quantitative estimate of drug-likeness (QED) is 0.914. The van der Waals surface area contributed by atoms with Gasteiger partial charge in [-0.05, 0) is 23.8 Å². The lowest BCUT2D eigenvalue weighted by Crippen LogP contribution is -2.44. The maximum Gasteiger partial charge on any atom is 0.0743 e. The van der Waals surface area contributed by atoms with Crippen LogP contribution in [0.3, 0.4) is 0 Å². The molecule has 0 aromatic carbocycles. The van der Waals surface area contributed by atoms with Crippen LogP contribution in [0.1, 0.15) is 31.6 Å². The van der Waals surface area contributed by atoms with Crippen molar-refractivity contribution in [1.82, 2.24) is 0 Å². The first-order valence-corrected chi connectivity index (χ1v) is 7.32. The smallest absolute Gasteiger partial charge is 0.0743 e. The van der Waals surface area contributed by atoms with Crippen molar-refractivity contribution >= 4 is 22.9 Å². The predicted molar refractivity (Wildman–Crippen MR) is 71.8 cm³/mol. The third-order valence-electron chi connectivity index (χ3n) is 3.40. The summed E-state index contributed by atoms with van der Waals surface area (Å²) >= 11 is 7.71. The third kappa shape index (κ3) is 3.22. The fraction of sp³-hybridized carbons (Fsp3) is 0.692. The topological polar surface area (TPSA) is 29.5 Å². The molecule has 2 unspecified atom stereocenters. The van der Waals surface area contributed by atoms with Crippen LogP contribution in [0, 0.1) is 5.92 Å². The van der Waals surface area contributed by atoms with E-state index in [0.29, 0.717) is 31.8 Å². The second kappa shape index (κ2) is 5.27. The lowest BCUT2D eigenvalue weighted by atomic mass is 9.83. The van der Waals surface area contributed by atoms with E-state index >= 15 is 0 Å². The summed E-state index contributed by atoms with van der Waals surface area (Å²) in [6.45, 7) is 4.91. The molecule has 2 nitrogen and oxygen atoms in total. The van der Waals surface area contributed by atoms with Gasteiger partial charge in [-0.15, -0.1) is 11.3 Å². The van der Waals surface area contributed by atoms with Gasteiger partial charge in [0.1, 0.15) is 0 Å². The zero-order valence-electron chi connectivity index (χ0n) is 10.3. The minimum Gasteiger partial charge on any atom is -0.389 e. The van der Waals surface area contributed by atoms with Crippen LogP contribution in [-0.2, 0) is 11.2 Å². The highest BCUT2D eigenvalue weighted by Crippen LogP contribution is 2.34. The second-order valence-corrected chi connectivity index (χ2v) is 6.61. The Morgan fingerprint density at radius 3 is 3.00 bits per heavy atom. The molecule has 1 N–H and O–H groups in total. The highest BCUT2D eigenvalue weighted by atomic mass is 35.5. The first-order chi connectivity index (χ1) is 8.00. The van der Waals surface area contributed by atoms with Gasteiger partial charge in [-0.1, -0.05) is 25.4 Å². The van der Waals surface area contributed by atoms with Gasteiger partial charge in [0.05, 0.1) is 16.7 Å². The number of rotatable bonds is 3. The molecule has 1 aliphatic rings. The van der Waals surface area contributed by atoms with Gasteiger partial charge < -0.3 is 9.84 Å². The summed E-state index contributed by atoms with van der Waals surface area (Å²) in [5, 5.41) is 13.4. The first kappa shape index (κ1) is 13.3. The van der Waals surface area contributed by atoms with Gasteiger partial charge in [0.2, 0.25) is 0 Å². The average Bonchev–Trinajstić information content (AvgIpc) is 2.64. The predicted octanol–water partition coefficient (Wildman–Crippen LogP) is 3.51. The standard InChI is InChI=1S/C13H19ClO2S/c1-9(2)11-7-13(15,4-5-16-11)8-12-10(14)3-6-17-12/h3,6,9,11,15H,4-5,7-8H2,1-2H3. The van der Waals surface area contributed by atoms with Crippen molar-refractivity contribution in [3.05, 3.63) is 21.3 Å². The molecule has 96 valence electrons. The van der Waals surface area contributed by atoms with Crippen molar-refractivity contribution < 1.29 is 9.84 Å². The van der Waals surface area contributed by atoms with Crippen molar-refractivity contribution in [2.45, 2.75) is 44.8 Å². The number of aliphatic hydroxyl groups is 1. The summed E-state index contributed by atoms with van der Waals surface area (Å²) in [7, 11) is 0. The Labute approximate surface area is 112 Å². The Kier molecular flexibility index (Phi) is 4.14. The maximum absolute atomic E-state index is 10.7. The fourth-order valence-electron chi connectivity index (χ4n) is 2.27. The lowest BCUT2D eigenvalue weighted by Gasteiger charge is -2.38. The Balaban J connectivity index is 2.06. The molecule has 2 atom stereocenters. The van der Waals surface area contributed by atoms with Crippen LogP contribution in [0.5, 0.6) is 0 Å². The van der Waals surface area contributed by atoms with Gasteiger partial charge in [-0.2, -0.15) is 0 Å². The van der Waals surface area contributed by atoms with Gasteiger partial charge in [-0.3, -0.25) is 0 Å². The summed E-state index contributed by atoms with van der Waals surface area (Å²) < 4.78 is 5.69. The van der Waals surface area contributed by atoms with Crippen LogP contribution < -0.4 is 0 Å². The van der Waals surface area contributed by atoms with E-state index in [-0.39, 0.29) is 6.10 Å². The van der Waals surface area contributed by atoms with Crippen LogP contribution in [0.15, 0.2) is 11.4 Å². The zero-order valence-corrected chi connectivity index (χ0v) is 11.9. The Hall–Kier alpha value is -0.0900. The van der Waals surface area contributed by atoms with Crippen molar-refractivity contribution in [2.24, 2.45) is 5.92 Å². The lowest BCUT2D eigenvalue weighted by molar-refractivity contribution is -0.116. The summed E-state index contributed by atoms with van der Waals surface area (Å²) in [6, 6.07) is 1.89. The van der Waals surface area contributed by atoms with Gasteiger partial charge in [0.15, 0.2) is 0 Å². The normalized spacial score (nSPS) is 29.8. The molecular weight excluding hydrogens is 256 g/mol. The second-order valence-electron chi connectivity index (χ2n) is 5.20. The SMILES string of the molecule is CC(C)C1CC(O)(Cc2sccc2Cl)CCO1. The summed E-state index contributed by atoms with van der Waals surface area (Å²) in [5.41, 5.74) is -0.651. The molecule has 2 rings (SSSR count). The molecule has 1 aromatic heterocycles. The Bertz CT molecular complexity index is 377. The van der Waals surface area contributed by atoms with Crippen LogP contribution in [0.4, 0.5) is 0 Å². The minimum atomic E-state index is -0.651. The number of hydrogen-bond acceptors (Lipinski definition) is 3. The largest absolute Gasteiger partial charge is 0.389 e. The third-order valence-corrected chi connectivity index (χ3v) is 4.79. The average molecular weight is 275 g/mol. The molecule has 2 heterocycles. The molecule has 1 aliphatic heterocycles. The summed E-state index contributed by atoms with van der Waals surface area (Å²) in [6.07, 6.45) is 2.21. The van der Waals surface area contributed by atoms with Gasteiger partial charge in [-0.25, -0.2) is 0 Å². The molecule has 0 amide bonds. The highest BCUT2D eigenvalue weighted by Gasteiger charge is 2.36. The van der Waals surface area contributed by atoms with E-state index in [1.165, 1.54) is 0 Å². The fourth-order valence-corrected chi connectivity index (χ4v) is 3.51. The molecule has 0 radical (unpaired) electrons. The van der Waals surface area contributed by atoms with Crippen molar-refractivity contribution in [3.8, 4) is 0 Å². The molecule has 0 bridgehead atoms. The molecular formula is C13H19ClO2S. The molecule has 0 aliphatic carbocycles. The monoisotopic (exact) mass is 274 g/mol. The van der Waals surface area contributed by atoms with Crippen LogP contribution in [0.25, 0.3) is 0 Å². The molecule has 0 spiro atoms. The Morgan fingerprint density at radius 1 is 1.65 bits per heavy atom. The maximum atomic E-state index is 10.7. The Morgan fingerprint density at radius 2 is 2.41 bits per heavy atom. The molecule has 1 saturated heterocycles. The van der Waals surface area contributed by atoms with Crippen molar-refractivity contribution in [3.63, 3.8) is 0 Å². The molecule has 1 fully saturated rings. The van der Waals surface area contributed by atoms with Crippen LogP contribution >= 0.6 is 22.9 Å². The van der Waals surface area contributed by atoms with E-state index in [0.717, 1.165) is 9.90 Å². The van der Waals surface area contributed by atoms with Gasteiger partial charge in [0, 0.05) is 24.3 Å². The molecule has 0 saturated carbocycles. The van der Waals surface area contributed by atoms with E-state index < -0.39 is 5.60 Å². The molecule has 4 heteroatoms. The van der Waals surface area contributed by atoms with E-state index in [1.807, 2.05) is 11.4 Å². The van der Waals surface area contributed by atoms with E-state index in [9.17, 15) is 5.11 Å². The number of thiophene rings is 1. The molecule has 17 heavy (non-hydrogen) atoms. The number of hydrogen-bond donors (Lipinski definition) is 1. The molecule has 1 aromatic rings. The van der Waals surface area contributed by atoms with Gasteiger partial charge >= 0.3 is 0 Å². The van der Waals surface area contributed by atoms with Gasteiger partial charge in [0.25, 0.3) is 0 Å². The summed E-state index contributed by atoms with van der Waals surface area (Å²) in [4.78, 5) is 1.08. The van der Waals surface area contributed by atoms with Crippen LogP contribution in [-0.4, -0.2) is 23.4 Å². The zero-order chi connectivity index (χ0) is 12.5. The van der Waals surface area contributed by atoms with E-state index in [2.05, 4.69) is 13.8 Å². The minimum absolute atomic E-state index is 0.160. The summed E-state index contributed by atoms with van der Waals surface area (Å²) in [5.74, 6) is 0.445. The van der Waals surface area contributed by atoms with E-state index in [4.69, 9.17) is 16.3 Å². The van der Waals surface area contributed by atoms with Crippen molar-refractivity contribution in [2.75, 3.05) is 6.61 Å².